The minimum absolute atomic E-state index is 0.0969. The van der Waals surface area contributed by atoms with Crippen LogP contribution in [0.2, 0.25) is 5.02 Å². The van der Waals surface area contributed by atoms with Crippen molar-refractivity contribution < 1.29 is 5.11 Å². The molecular formula is C13H11BrClNO. The average molecular weight is 313 g/mol. The van der Waals surface area contributed by atoms with Crippen molar-refractivity contribution in [3.8, 4) is 5.75 Å². The predicted octanol–water partition coefficient (Wildman–Crippen LogP) is 4.58. The van der Waals surface area contributed by atoms with Crippen LogP contribution < -0.4 is 4.90 Å². The second-order valence-electron chi connectivity index (χ2n) is 3.67. The zero-order valence-corrected chi connectivity index (χ0v) is 11.5. The van der Waals surface area contributed by atoms with Crippen LogP contribution in [0.4, 0.5) is 11.4 Å². The van der Waals surface area contributed by atoms with E-state index < -0.39 is 0 Å². The maximum absolute atomic E-state index is 9.38. The van der Waals surface area contributed by atoms with Crippen molar-refractivity contribution >= 4 is 38.9 Å². The Labute approximate surface area is 114 Å². The first-order valence-corrected chi connectivity index (χ1v) is 6.23. The maximum atomic E-state index is 9.38. The molecule has 0 atom stereocenters. The van der Waals surface area contributed by atoms with Crippen LogP contribution in [0.1, 0.15) is 0 Å². The van der Waals surface area contributed by atoms with Gasteiger partial charge < -0.3 is 10.0 Å². The number of anilines is 2. The van der Waals surface area contributed by atoms with Crippen molar-refractivity contribution in [3.63, 3.8) is 0 Å². The highest BCUT2D eigenvalue weighted by Crippen LogP contribution is 2.31. The SMILES string of the molecule is CN(c1ccc(Br)cc1)c1ccc(O)c(Cl)c1. The third-order valence-electron chi connectivity index (χ3n) is 2.53. The highest BCUT2D eigenvalue weighted by atomic mass is 79.9. The molecule has 0 fully saturated rings. The summed E-state index contributed by atoms with van der Waals surface area (Å²) in [5.41, 5.74) is 1.98. The van der Waals surface area contributed by atoms with Gasteiger partial charge in [0.05, 0.1) is 5.02 Å². The van der Waals surface area contributed by atoms with Crippen LogP contribution in [0.3, 0.4) is 0 Å². The van der Waals surface area contributed by atoms with Gasteiger partial charge in [0.15, 0.2) is 0 Å². The van der Waals surface area contributed by atoms with Crippen LogP contribution in [0.15, 0.2) is 46.9 Å². The van der Waals surface area contributed by atoms with E-state index in [9.17, 15) is 5.11 Å². The Morgan fingerprint density at radius 2 is 1.65 bits per heavy atom. The van der Waals surface area contributed by atoms with Gasteiger partial charge in [-0.3, -0.25) is 0 Å². The van der Waals surface area contributed by atoms with Crippen molar-refractivity contribution in [2.45, 2.75) is 0 Å². The normalized spacial score (nSPS) is 10.3. The fourth-order valence-corrected chi connectivity index (χ4v) is 1.96. The topological polar surface area (TPSA) is 23.5 Å². The summed E-state index contributed by atoms with van der Waals surface area (Å²) in [6.45, 7) is 0. The first-order valence-electron chi connectivity index (χ1n) is 5.06. The van der Waals surface area contributed by atoms with Gasteiger partial charge in [-0.15, -0.1) is 0 Å². The molecule has 2 aromatic carbocycles. The molecule has 0 saturated heterocycles. The van der Waals surface area contributed by atoms with Crippen molar-refractivity contribution in [2.75, 3.05) is 11.9 Å². The molecule has 0 spiro atoms. The van der Waals surface area contributed by atoms with Crippen LogP contribution in [0.5, 0.6) is 5.75 Å². The Morgan fingerprint density at radius 1 is 1.06 bits per heavy atom. The number of benzene rings is 2. The Hall–Kier alpha value is -1.19. The van der Waals surface area contributed by atoms with Gasteiger partial charge in [-0.05, 0) is 42.5 Å². The number of hydrogen-bond acceptors (Lipinski definition) is 2. The molecule has 0 amide bonds. The largest absolute Gasteiger partial charge is 0.506 e. The third kappa shape index (κ3) is 2.73. The molecular weight excluding hydrogens is 302 g/mol. The van der Waals surface area contributed by atoms with Crippen molar-refractivity contribution in [3.05, 3.63) is 52.0 Å². The van der Waals surface area contributed by atoms with E-state index in [2.05, 4.69) is 15.9 Å². The summed E-state index contributed by atoms with van der Waals surface area (Å²) < 4.78 is 1.04. The van der Waals surface area contributed by atoms with Crippen LogP contribution in [0.25, 0.3) is 0 Å². The summed E-state index contributed by atoms with van der Waals surface area (Å²) in [5, 5.41) is 9.73. The van der Waals surface area contributed by atoms with Gasteiger partial charge in [0.1, 0.15) is 5.75 Å². The van der Waals surface area contributed by atoms with Gasteiger partial charge in [0, 0.05) is 22.9 Å². The predicted molar refractivity (Wildman–Crippen MR) is 75.3 cm³/mol. The molecule has 2 nitrogen and oxygen atoms in total. The summed E-state index contributed by atoms with van der Waals surface area (Å²) in [5.74, 6) is 0.0969. The molecule has 0 aliphatic carbocycles. The fourth-order valence-electron chi connectivity index (χ4n) is 1.52. The summed E-state index contributed by atoms with van der Waals surface area (Å²) in [7, 11) is 1.95. The van der Waals surface area contributed by atoms with E-state index in [1.807, 2.05) is 42.3 Å². The van der Waals surface area contributed by atoms with Gasteiger partial charge in [0.2, 0.25) is 0 Å². The Balaban J connectivity index is 2.33. The molecule has 0 aromatic heterocycles. The third-order valence-corrected chi connectivity index (χ3v) is 3.36. The van der Waals surface area contributed by atoms with Gasteiger partial charge in [-0.25, -0.2) is 0 Å². The number of rotatable bonds is 2. The zero-order chi connectivity index (χ0) is 12.4. The maximum Gasteiger partial charge on any atom is 0.134 e. The molecule has 17 heavy (non-hydrogen) atoms. The van der Waals surface area contributed by atoms with Crippen molar-refractivity contribution in [2.24, 2.45) is 0 Å². The average Bonchev–Trinajstić information content (AvgIpc) is 2.33. The van der Waals surface area contributed by atoms with Crippen molar-refractivity contribution in [1.82, 2.24) is 0 Å². The standard InChI is InChI=1S/C13H11BrClNO/c1-16(10-4-2-9(14)3-5-10)11-6-7-13(17)12(15)8-11/h2-8,17H,1H3. The van der Waals surface area contributed by atoms with Gasteiger partial charge in [-0.2, -0.15) is 0 Å². The van der Waals surface area contributed by atoms with Gasteiger partial charge in [0.25, 0.3) is 0 Å². The van der Waals surface area contributed by atoms with E-state index >= 15 is 0 Å². The minimum Gasteiger partial charge on any atom is -0.506 e. The highest BCUT2D eigenvalue weighted by molar-refractivity contribution is 9.10. The zero-order valence-electron chi connectivity index (χ0n) is 9.19. The smallest absolute Gasteiger partial charge is 0.134 e. The Morgan fingerprint density at radius 3 is 2.24 bits per heavy atom. The van der Waals surface area contributed by atoms with Gasteiger partial charge >= 0.3 is 0 Å². The van der Waals surface area contributed by atoms with E-state index in [1.165, 1.54) is 0 Å². The number of phenols is 1. The summed E-state index contributed by atoms with van der Waals surface area (Å²) >= 11 is 9.29. The van der Waals surface area contributed by atoms with Crippen LogP contribution in [-0.2, 0) is 0 Å². The quantitative estimate of drug-likeness (QED) is 0.877. The van der Waals surface area contributed by atoms with E-state index in [1.54, 1.807) is 12.1 Å². The molecule has 1 N–H and O–H groups in total. The first-order chi connectivity index (χ1) is 8.08. The number of hydrogen-bond donors (Lipinski definition) is 1. The van der Waals surface area contributed by atoms with E-state index in [-0.39, 0.29) is 5.75 Å². The molecule has 88 valence electrons. The molecule has 0 aliphatic rings. The molecule has 0 heterocycles. The summed E-state index contributed by atoms with van der Waals surface area (Å²) in [6.07, 6.45) is 0. The lowest BCUT2D eigenvalue weighted by atomic mass is 10.2. The summed E-state index contributed by atoms with van der Waals surface area (Å²) in [4.78, 5) is 2.00. The molecule has 0 aliphatic heterocycles. The van der Waals surface area contributed by atoms with Crippen LogP contribution in [0, 0.1) is 0 Å². The molecule has 0 saturated carbocycles. The second kappa shape index (κ2) is 4.98. The van der Waals surface area contributed by atoms with Gasteiger partial charge in [-0.1, -0.05) is 27.5 Å². The lowest BCUT2D eigenvalue weighted by molar-refractivity contribution is 0.475. The monoisotopic (exact) mass is 311 g/mol. The number of halogens is 2. The second-order valence-corrected chi connectivity index (χ2v) is 4.99. The van der Waals surface area contributed by atoms with E-state index in [0.29, 0.717) is 5.02 Å². The minimum atomic E-state index is 0.0969. The molecule has 2 rings (SSSR count). The first kappa shape index (κ1) is 12.3. The highest BCUT2D eigenvalue weighted by Gasteiger charge is 2.06. The van der Waals surface area contributed by atoms with Crippen LogP contribution in [-0.4, -0.2) is 12.2 Å². The lowest BCUT2D eigenvalue weighted by Gasteiger charge is -2.20. The molecule has 0 unspecified atom stereocenters. The molecule has 4 heteroatoms. The Bertz CT molecular complexity index is 527. The summed E-state index contributed by atoms with van der Waals surface area (Å²) in [6, 6.07) is 13.1. The molecule has 0 bridgehead atoms. The van der Waals surface area contributed by atoms with Crippen molar-refractivity contribution in [1.29, 1.82) is 0 Å². The number of nitrogens with zero attached hydrogens (tertiary/aromatic N) is 1. The Kier molecular flexibility index (Phi) is 3.60. The van der Waals surface area contributed by atoms with E-state index in [4.69, 9.17) is 11.6 Å². The fraction of sp³-hybridized carbons (Fsp3) is 0.0769. The lowest BCUT2D eigenvalue weighted by Crippen LogP contribution is -2.08. The number of phenolic OH excluding ortho intramolecular Hbond substituents is 1. The van der Waals surface area contributed by atoms with Crippen LogP contribution >= 0.6 is 27.5 Å². The molecule has 0 radical (unpaired) electrons. The van der Waals surface area contributed by atoms with E-state index in [0.717, 1.165) is 15.8 Å². The number of aromatic hydroxyl groups is 1. The molecule has 2 aromatic rings.